The molecule has 36 heavy (non-hydrogen) atoms. The molecule has 8 nitrogen and oxygen atoms in total. The minimum absolute atomic E-state index is 0.120. The molecule has 4 amide bonds. The normalized spacial score (nSPS) is 30.1. The highest BCUT2D eigenvalue weighted by Crippen LogP contribution is 2.54. The van der Waals surface area contributed by atoms with Gasteiger partial charge in [0.05, 0.1) is 11.1 Å². The summed E-state index contributed by atoms with van der Waals surface area (Å²) in [5.74, 6) is -0.261. The maximum absolute atomic E-state index is 13.2. The Labute approximate surface area is 212 Å². The number of imide groups is 2. The summed E-state index contributed by atoms with van der Waals surface area (Å²) in [5.41, 5.74) is 1.86. The van der Waals surface area contributed by atoms with E-state index in [4.69, 9.17) is 0 Å². The van der Waals surface area contributed by atoms with Gasteiger partial charge in [-0.1, -0.05) is 13.0 Å². The average molecular weight is 493 g/mol. The van der Waals surface area contributed by atoms with Crippen LogP contribution in [0.25, 0.3) is 0 Å². The molecule has 192 valence electrons. The second-order valence-corrected chi connectivity index (χ2v) is 12.0. The Kier molecular flexibility index (Phi) is 5.90. The first-order valence-electron chi connectivity index (χ1n) is 13.7. The molecule has 5 aliphatic rings. The summed E-state index contributed by atoms with van der Waals surface area (Å²) < 4.78 is 0. The number of amides is 4. The Morgan fingerprint density at radius 2 is 1.75 bits per heavy atom. The minimum Gasteiger partial charge on any atom is -0.384 e. The fraction of sp³-hybridized carbons (Fsp3) is 0.643. The van der Waals surface area contributed by atoms with E-state index in [2.05, 4.69) is 22.5 Å². The van der Waals surface area contributed by atoms with Crippen LogP contribution in [0, 0.1) is 17.3 Å². The first-order valence-corrected chi connectivity index (χ1v) is 13.7. The lowest BCUT2D eigenvalue weighted by Crippen LogP contribution is -2.65. The number of carbonyl (C=O) groups is 4. The molecule has 1 spiro atoms. The topological polar surface area (TPSA) is 98.8 Å². The number of likely N-dealkylation sites (tertiary alicyclic amines) is 1. The van der Waals surface area contributed by atoms with E-state index in [1.807, 2.05) is 6.07 Å². The molecular formula is C28H36N4O4. The number of nitrogens with zero attached hydrogens (tertiary/aromatic N) is 2. The first kappa shape index (κ1) is 23.6. The molecule has 1 aromatic carbocycles. The van der Waals surface area contributed by atoms with Crippen molar-refractivity contribution in [1.29, 1.82) is 0 Å². The van der Waals surface area contributed by atoms with E-state index in [1.165, 1.54) is 51.6 Å². The van der Waals surface area contributed by atoms with Gasteiger partial charge in [0.25, 0.3) is 11.8 Å². The predicted molar refractivity (Wildman–Crippen MR) is 134 cm³/mol. The molecule has 8 heteroatoms. The molecule has 2 saturated carbocycles. The lowest BCUT2D eigenvalue weighted by molar-refractivity contribution is -0.136. The van der Waals surface area contributed by atoms with Crippen LogP contribution in [-0.4, -0.2) is 65.1 Å². The first-order chi connectivity index (χ1) is 17.3. The van der Waals surface area contributed by atoms with Gasteiger partial charge in [-0.25, -0.2) is 0 Å². The Hall–Kier alpha value is -2.74. The van der Waals surface area contributed by atoms with Crippen LogP contribution in [0.4, 0.5) is 5.69 Å². The van der Waals surface area contributed by atoms with Gasteiger partial charge in [0.15, 0.2) is 0 Å². The molecule has 2 saturated heterocycles. The zero-order chi connectivity index (χ0) is 25.0. The molecule has 0 radical (unpaired) electrons. The summed E-state index contributed by atoms with van der Waals surface area (Å²) in [7, 11) is 0. The molecule has 0 aromatic heterocycles. The van der Waals surface area contributed by atoms with Crippen molar-refractivity contribution in [1.82, 2.24) is 15.1 Å². The van der Waals surface area contributed by atoms with Crippen molar-refractivity contribution < 1.29 is 19.2 Å². The number of fused-ring (bicyclic) bond motifs is 1. The maximum atomic E-state index is 13.2. The van der Waals surface area contributed by atoms with Gasteiger partial charge in [0.2, 0.25) is 11.8 Å². The smallest absolute Gasteiger partial charge is 0.264 e. The van der Waals surface area contributed by atoms with Crippen molar-refractivity contribution in [2.45, 2.75) is 76.8 Å². The second kappa shape index (κ2) is 8.98. The summed E-state index contributed by atoms with van der Waals surface area (Å²) in [6.07, 6.45) is 9.42. The molecule has 1 atom stereocenters. The summed E-state index contributed by atoms with van der Waals surface area (Å²) in [4.78, 5) is 53.8. The lowest BCUT2D eigenvalue weighted by atomic mass is 9.56. The predicted octanol–water partition coefficient (Wildman–Crippen LogP) is 3.18. The number of piperidine rings is 1. The zero-order valence-corrected chi connectivity index (χ0v) is 21.1. The summed E-state index contributed by atoms with van der Waals surface area (Å²) in [6, 6.07) is 5.11. The van der Waals surface area contributed by atoms with Crippen molar-refractivity contribution in [2.24, 2.45) is 17.3 Å². The molecule has 3 heterocycles. The molecule has 3 aliphatic heterocycles. The quantitative estimate of drug-likeness (QED) is 0.592. The van der Waals surface area contributed by atoms with E-state index in [9.17, 15) is 19.2 Å². The van der Waals surface area contributed by atoms with E-state index in [1.54, 1.807) is 12.1 Å². The SMILES string of the molecule is C[C@H]1CC[C@@H](N2CC3(CC(CCNc4cccc5c4C(=O)N(C4CCC(=O)NC4=O)C5=O)C3)C2)CC1. The molecule has 1 unspecified atom stereocenters. The van der Waals surface area contributed by atoms with Gasteiger partial charge in [-0.15, -0.1) is 0 Å². The van der Waals surface area contributed by atoms with Crippen LogP contribution in [0.1, 0.15) is 85.4 Å². The molecule has 0 bridgehead atoms. The van der Waals surface area contributed by atoms with Crippen LogP contribution in [0.15, 0.2) is 18.2 Å². The van der Waals surface area contributed by atoms with Crippen molar-refractivity contribution in [3.8, 4) is 0 Å². The van der Waals surface area contributed by atoms with Crippen LogP contribution < -0.4 is 10.6 Å². The fourth-order valence-corrected chi connectivity index (χ4v) is 7.38. The molecule has 4 fully saturated rings. The minimum atomic E-state index is -0.937. The molecule has 1 aromatic rings. The van der Waals surface area contributed by atoms with E-state index in [0.717, 1.165) is 29.8 Å². The van der Waals surface area contributed by atoms with Crippen LogP contribution >= 0.6 is 0 Å². The standard InChI is InChI=1S/C28H36N4O4/c1-17-5-7-19(8-6-17)31-15-28(16-31)13-18(14-28)11-12-29-21-4-2-3-20-24(21)27(36)32(26(20)35)22-9-10-23(33)30-25(22)34/h2-4,17-19,22,29H,5-16H2,1H3,(H,30,33,34)/t17-,19+,22?. The summed E-state index contributed by atoms with van der Waals surface area (Å²) >= 11 is 0. The third-order valence-electron chi connectivity index (χ3n) is 9.36. The molecule has 2 N–H and O–H groups in total. The monoisotopic (exact) mass is 492 g/mol. The number of hydrogen-bond acceptors (Lipinski definition) is 6. The Balaban J connectivity index is 1.01. The maximum Gasteiger partial charge on any atom is 0.264 e. The summed E-state index contributed by atoms with van der Waals surface area (Å²) in [6.45, 7) is 5.68. The van der Waals surface area contributed by atoms with Crippen molar-refractivity contribution in [2.75, 3.05) is 25.0 Å². The number of rotatable bonds is 6. The number of hydrogen-bond donors (Lipinski definition) is 2. The zero-order valence-electron chi connectivity index (χ0n) is 21.1. The van der Waals surface area contributed by atoms with Gasteiger partial charge in [0, 0.05) is 37.8 Å². The number of benzene rings is 1. The van der Waals surface area contributed by atoms with Gasteiger partial charge in [0.1, 0.15) is 6.04 Å². The van der Waals surface area contributed by atoms with E-state index >= 15 is 0 Å². The van der Waals surface area contributed by atoms with E-state index in [-0.39, 0.29) is 18.7 Å². The molecule has 2 aliphatic carbocycles. The molecular weight excluding hydrogens is 456 g/mol. The van der Waals surface area contributed by atoms with Crippen LogP contribution in [0.2, 0.25) is 0 Å². The highest BCUT2D eigenvalue weighted by Gasteiger charge is 2.53. The summed E-state index contributed by atoms with van der Waals surface area (Å²) in [5, 5.41) is 5.64. The average Bonchev–Trinajstić information content (AvgIpc) is 3.06. The van der Waals surface area contributed by atoms with Crippen LogP contribution in [-0.2, 0) is 9.59 Å². The van der Waals surface area contributed by atoms with Gasteiger partial charge < -0.3 is 5.32 Å². The fourth-order valence-electron chi connectivity index (χ4n) is 7.38. The number of carbonyl (C=O) groups excluding carboxylic acids is 4. The van der Waals surface area contributed by atoms with Crippen molar-refractivity contribution in [3.05, 3.63) is 29.3 Å². The van der Waals surface area contributed by atoms with E-state index < -0.39 is 23.8 Å². The Morgan fingerprint density at radius 1 is 1.00 bits per heavy atom. The number of anilines is 1. The molecule has 6 rings (SSSR count). The van der Waals surface area contributed by atoms with Gasteiger partial charge in [-0.3, -0.25) is 34.3 Å². The van der Waals surface area contributed by atoms with Gasteiger partial charge >= 0.3 is 0 Å². The van der Waals surface area contributed by atoms with Gasteiger partial charge in [-0.05, 0) is 80.8 Å². The Bertz CT molecular complexity index is 1090. The van der Waals surface area contributed by atoms with E-state index in [0.29, 0.717) is 28.1 Å². The van der Waals surface area contributed by atoms with Crippen LogP contribution in [0.3, 0.4) is 0 Å². The van der Waals surface area contributed by atoms with Crippen molar-refractivity contribution >= 4 is 29.3 Å². The lowest BCUT2D eigenvalue weighted by Gasteiger charge is -2.62. The van der Waals surface area contributed by atoms with Gasteiger partial charge in [-0.2, -0.15) is 0 Å². The highest BCUT2D eigenvalue weighted by atomic mass is 16.2. The Morgan fingerprint density at radius 3 is 2.47 bits per heavy atom. The largest absolute Gasteiger partial charge is 0.384 e. The van der Waals surface area contributed by atoms with Crippen molar-refractivity contribution in [3.63, 3.8) is 0 Å². The third-order valence-corrected chi connectivity index (χ3v) is 9.36. The third kappa shape index (κ3) is 4.03. The number of nitrogens with one attached hydrogen (secondary N) is 2. The second-order valence-electron chi connectivity index (χ2n) is 12.0. The highest BCUT2D eigenvalue weighted by molar-refractivity contribution is 6.25. The van der Waals surface area contributed by atoms with Crippen LogP contribution in [0.5, 0.6) is 0 Å².